The minimum absolute atomic E-state index is 0.374. The van der Waals surface area contributed by atoms with Gasteiger partial charge in [-0.2, -0.15) is 5.10 Å². The molecule has 1 aliphatic carbocycles. The molecule has 4 nitrogen and oxygen atoms in total. The standard InChI is InChI=1S/C10H16N2O2/c1-6-4-7(6)10(13)9-8(14-3)5-11-12(9)2/h5-7,10,13H,4H2,1-3H3. The molecular weight excluding hydrogens is 180 g/mol. The Morgan fingerprint density at radius 2 is 2.36 bits per heavy atom. The molecule has 0 spiro atoms. The molecule has 1 N–H and O–H groups in total. The monoisotopic (exact) mass is 196 g/mol. The third-order valence-electron chi connectivity index (χ3n) is 3.03. The van der Waals surface area contributed by atoms with Crippen LogP contribution in [-0.4, -0.2) is 22.0 Å². The van der Waals surface area contributed by atoms with Crippen LogP contribution in [0.1, 0.15) is 25.1 Å². The van der Waals surface area contributed by atoms with Crippen molar-refractivity contribution in [2.24, 2.45) is 18.9 Å². The first kappa shape index (κ1) is 9.52. The predicted molar refractivity (Wildman–Crippen MR) is 52.0 cm³/mol. The van der Waals surface area contributed by atoms with Crippen LogP contribution in [0, 0.1) is 11.8 Å². The lowest BCUT2D eigenvalue weighted by atomic mass is 10.1. The Morgan fingerprint density at radius 1 is 1.71 bits per heavy atom. The lowest BCUT2D eigenvalue weighted by Crippen LogP contribution is -2.09. The van der Waals surface area contributed by atoms with Crippen LogP contribution in [0.2, 0.25) is 0 Å². The second-order valence-corrected chi connectivity index (χ2v) is 4.04. The maximum absolute atomic E-state index is 10.1. The Labute approximate surface area is 83.5 Å². The lowest BCUT2D eigenvalue weighted by Gasteiger charge is -2.12. The second-order valence-electron chi connectivity index (χ2n) is 4.04. The minimum atomic E-state index is -0.438. The molecule has 1 aliphatic rings. The fourth-order valence-corrected chi connectivity index (χ4v) is 1.91. The summed E-state index contributed by atoms with van der Waals surface area (Å²) in [5.41, 5.74) is 0.793. The van der Waals surface area contributed by atoms with Gasteiger partial charge < -0.3 is 9.84 Å². The van der Waals surface area contributed by atoms with Gasteiger partial charge in [-0.1, -0.05) is 6.92 Å². The van der Waals surface area contributed by atoms with E-state index in [1.807, 2.05) is 7.05 Å². The van der Waals surface area contributed by atoms with Crippen LogP contribution < -0.4 is 4.74 Å². The van der Waals surface area contributed by atoms with Crippen molar-refractivity contribution in [3.8, 4) is 5.75 Å². The molecule has 0 bridgehead atoms. The average Bonchev–Trinajstić information content (AvgIpc) is 2.76. The molecule has 14 heavy (non-hydrogen) atoms. The van der Waals surface area contributed by atoms with Crippen LogP contribution in [0.15, 0.2) is 6.20 Å². The van der Waals surface area contributed by atoms with E-state index >= 15 is 0 Å². The lowest BCUT2D eigenvalue weighted by molar-refractivity contribution is 0.135. The van der Waals surface area contributed by atoms with E-state index in [4.69, 9.17) is 4.74 Å². The number of ether oxygens (including phenoxy) is 1. The van der Waals surface area contributed by atoms with Gasteiger partial charge in [-0.3, -0.25) is 4.68 Å². The molecule has 3 atom stereocenters. The number of hydrogen-bond donors (Lipinski definition) is 1. The molecule has 2 rings (SSSR count). The van der Waals surface area contributed by atoms with Crippen molar-refractivity contribution in [2.75, 3.05) is 7.11 Å². The number of methoxy groups -OCH3 is 1. The number of hydrogen-bond acceptors (Lipinski definition) is 3. The van der Waals surface area contributed by atoms with Crippen LogP contribution in [0.5, 0.6) is 5.75 Å². The summed E-state index contributed by atoms with van der Waals surface area (Å²) in [7, 11) is 3.43. The first-order valence-electron chi connectivity index (χ1n) is 4.89. The molecule has 0 amide bonds. The number of aliphatic hydroxyl groups is 1. The highest BCUT2D eigenvalue weighted by atomic mass is 16.5. The molecule has 1 aromatic heterocycles. The van der Waals surface area contributed by atoms with Gasteiger partial charge >= 0.3 is 0 Å². The van der Waals surface area contributed by atoms with Crippen molar-refractivity contribution >= 4 is 0 Å². The fourth-order valence-electron chi connectivity index (χ4n) is 1.91. The first-order chi connectivity index (χ1) is 6.65. The average molecular weight is 196 g/mol. The number of aliphatic hydroxyl groups excluding tert-OH is 1. The van der Waals surface area contributed by atoms with Crippen molar-refractivity contribution < 1.29 is 9.84 Å². The first-order valence-corrected chi connectivity index (χ1v) is 4.89. The zero-order valence-corrected chi connectivity index (χ0v) is 8.77. The zero-order chi connectivity index (χ0) is 10.3. The third-order valence-corrected chi connectivity index (χ3v) is 3.03. The fraction of sp³-hybridized carbons (Fsp3) is 0.700. The van der Waals surface area contributed by atoms with E-state index in [0.29, 0.717) is 17.6 Å². The van der Waals surface area contributed by atoms with Gasteiger partial charge in [0.05, 0.1) is 13.3 Å². The molecule has 0 aromatic carbocycles. The third kappa shape index (κ3) is 1.39. The smallest absolute Gasteiger partial charge is 0.162 e. The normalized spacial score (nSPS) is 27.4. The van der Waals surface area contributed by atoms with Gasteiger partial charge in [-0.05, 0) is 18.3 Å². The topological polar surface area (TPSA) is 47.3 Å². The highest BCUT2D eigenvalue weighted by molar-refractivity contribution is 5.28. The number of rotatable bonds is 3. The Kier molecular flexibility index (Phi) is 2.23. The predicted octanol–water partition coefficient (Wildman–Crippen LogP) is 1.12. The SMILES string of the molecule is COc1cnn(C)c1C(O)C1CC1C. The molecule has 0 radical (unpaired) electrons. The molecule has 4 heteroatoms. The molecule has 78 valence electrons. The summed E-state index contributed by atoms with van der Waals surface area (Å²) in [4.78, 5) is 0. The summed E-state index contributed by atoms with van der Waals surface area (Å²) in [5, 5.41) is 14.1. The van der Waals surface area contributed by atoms with E-state index in [9.17, 15) is 5.11 Å². The summed E-state index contributed by atoms with van der Waals surface area (Å²) in [5.74, 6) is 1.67. The number of aromatic nitrogens is 2. The zero-order valence-electron chi connectivity index (χ0n) is 8.77. The van der Waals surface area contributed by atoms with Gasteiger partial charge in [0.15, 0.2) is 5.75 Å². The summed E-state index contributed by atoms with van der Waals surface area (Å²) in [6.45, 7) is 2.15. The van der Waals surface area contributed by atoms with Crippen molar-refractivity contribution in [1.29, 1.82) is 0 Å². The van der Waals surface area contributed by atoms with E-state index in [-0.39, 0.29) is 0 Å². The number of nitrogens with zero attached hydrogens (tertiary/aromatic N) is 2. The molecule has 1 fully saturated rings. The van der Waals surface area contributed by atoms with Crippen LogP contribution in [-0.2, 0) is 7.05 Å². The van der Waals surface area contributed by atoms with Crippen LogP contribution in [0.3, 0.4) is 0 Å². The second kappa shape index (κ2) is 3.28. The highest BCUT2D eigenvalue weighted by Crippen LogP contribution is 2.48. The van der Waals surface area contributed by atoms with Crippen molar-refractivity contribution in [2.45, 2.75) is 19.4 Å². The van der Waals surface area contributed by atoms with Gasteiger partial charge in [-0.25, -0.2) is 0 Å². The summed E-state index contributed by atoms with van der Waals surface area (Å²) >= 11 is 0. The maximum Gasteiger partial charge on any atom is 0.162 e. The molecule has 3 unspecified atom stereocenters. The van der Waals surface area contributed by atoms with Crippen molar-refractivity contribution in [3.05, 3.63) is 11.9 Å². The minimum Gasteiger partial charge on any atom is -0.493 e. The van der Waals surface area contributed by atoms with Crippen molar-refractivity contribution in [1.82, 2.24) is 9.78 Å². The summed E-state index contributed by atoms with van der Waals surface area (Å²) in [6.07, 6.45) is 2.30. The quantitative estimate of drug-likeness (QED) is 0.788. The highest BCUT2D eigenvalue weighted by Gasteiger charge is 2.41. The molecular formula is C10H16N2O2. The molecule has 0 aliphatic heterocycles. The maximum atomic E-state index is 10.1. The van der Waals surface area contributed by atoms with Gasteiger partial charge in [0, 0.05) is 7.05 Å². The Balaban J connectivity index is 2.25. The van der Waals surface area contributed by atoms with Gasteiger partial charge in [-0.15, -0.1) is 0 Å². The van der Waals surface area contributed by atoms with Crippen LogP contribution in [0.25, 0.3) is 0 Å². The Morgan fingerprint density at radius 3 is 2.86 bits per heavy atom. The summed E-state index contributed by atoms with van der Waals surface area (Å²) in [6, 6.07) is 0. The molecule has 1 heterocycles. The van der Waals surface area contributed by atoms with Gasteiger partial charge in [0.1, 0.15) is 11.8 Å². The van der Waals surface area contributed by atoms with E-state index in [1.165, 1.54) is 0 Å². The van der Waals surface area contributed by atoms with E-state index in [0.717, 1.165) is 12.1 Å². The molecule has 1 saturated carbocycles. The number of aryl methyl sites for hydroxylation is 1. The van der Waals surface area contributed by atoms with E-state index < -0.39 is 6.10 Å². The molecule has 1 aromatic rings. The van der Waals surface area contributed by atoms with E-state index in [2.05, 4.69) is 12.0 Å². The van der Waals surface area contributed by atoms with Gasteiger partial charge in [0.2, 0.25) is 0 Å². The van der Waals surface area contributed by atoms with Crippen LogP contribution in [0.4, 0.5) is 0 Å². The Hall–Kier alpha value is -1.03. The Bertz CT molecular complexity index is 335. The van der Waals surface area contributed by atoms with E-state index in [1.54, 1.807) is 18.0 Å². The van der Waals surface area contributed by atoms with Crippen LogP contribution >= 0.6 is 0 Å². The van der Waals surface area contributed by atoms with Gasteiger partial charge in [0.25, 0.3) is 0 Å². The largest absolute Gasteiger partial charge is 0.493 e. The summed E-state index contributed by atoms with van der Waals surface area (Å²) < 4.78 is 6.85. The molecule has 0 saturated heterocycles. The van der Waals surface area contributed by atoms with Crippen molar-refractivity contribution in [3.63, 3.8) is 0 Å².